The van der Waals surface area contributed by atoms with E-state index in [1.807, 2.05) is 0 Å². The van der Waals surface area contributed by atoms with Crippen molar-refractivity contribution >= 4 is 11.8 Å². The molecule has 0 aromatic heterocycles. The zero-order valence-corrected chi connectivity index (χ0v) is 4.66. The van der Waals surface area contributed by atoms with Crippen molar-refractivity contribution in [1.82, 2.24) is 4.42 Å². The molecule has 0 aliphatic carbocycles. The van der Waals surface area contributed by atoms with Gasteiger partial charge in [-0.25, -0.2) is 8.81 Å². The molecule has 1 heterocycles. The number of halogens is 2. The second kappa shape index (κ2) is 1.97. The van der Waals surface area contributed by atoms with Crippen LogP contribution in [0.3, 0.4) is 0 Å². The van der Waals surface area contributed by atoms with Gasteiger partial charge in [-0.05, 0) is 18.2 Å². The molecule has 0 spiro atoms. The summed E-state index contributed by atoms with van der Waals surface area (Å²) >= 11 is 5.40. The largest absolute Gasteiger partial charge is 0.246 e. The number of hydrogen-bond donors (Lipinski definition) is 0. The minimum atomic E-state index is -0.683. The van der Waals surface area contributed by atoms with Crippen LogP contribution in [0.4, 0.5) is 4.39 Å². The molecule has 0 saturated carbocycles. The lowest BCUT2D eigenvalue weighted by Crippen LogP contribution is -2.07. The van der Waals surface area contributed by atoms with E-state index in [-0.39, 0.29) is 0 Å². The summed E-state index contributed by atoms with van der Waals surface area (Å²) in [6, 6.07) is 0. The molecule has 1 nitrogen and oxygen atoms in total. The molecule has 0 radical (unpaired) electrons. The van der Waals surface area contributed by atoms with E-state index < -0.39 is 6.17 Å². The fraction of sp³-hybridized carbons (Fsp3) is 1.00. The summed E-state index contributed by atoms with van der Waals surface area (Å²) in [5.74, 6) is 0. The minimum absolute atomic E-state index is 0.404. The summed E-state index contributed by atoms with van der Waals surface area (Å²) in [6.07, 6.45) is -0.0822. The van der Waals surface area contributed by atoms with E-state index in [1.165, 1.54) is 4.42 Å². The van der Waals surface area contributed by atoms with Crippen molar-refractivity contribution in [3.8, 4) is 0 Å². The first kappa shape index (κ1) is 5.32. The topological polar surface area (TPSA) is 3.24 Å². The van der Waals surface area contributed by atoms with Crippen molar-refractivity contribution in [3.05, 3.63) is 0 Å². The second-order valence-corrected chi connectivity index (χ2v) is 2.23. The summed E-state index contributed by atoms with van der Waals surface area (Å²) in [5.41, 5.74) is 0. The summed E-state index contributed by atoms with van der Waals surface area (Å²) < 4.78 is 13.5. The van der Waals surface area contributed by atoms with Crippen LogP contribution in [-0.4, -0.2) is 23.7 Å². The Kier molecular flexibility index (Phi) is 1.50. The van der Waals surface area contributed by atoms with Gasteiger partial charge in [0, 0.05) is 13.1 Å². The summed E-state index contributed by atoms with van der Waals surface area (Å²) in [6.45, 7) is 1.10. The number of rotatable bonds is 0. The van der Waals surface area contributed by atoms with Crippen molar-refractivity contribution in [2.45, 2.75) is 12.6 Å². The number of nitrogens with zero attached hydrogens (tertiary/aromatic N) is 1. The van der Waals surface area contributed by atoms with Gasteiger partial charge in [-0.2, -0.15) is 0 Å². The third-order valence-electron chi connectivity index (χ3n) is 1.08. The van der Waals surface area contributed by atoms with Gasteiger partial charge in [0.05, 0.1) is 0 Å². The van der Waals surface area contributed by atoms with Crippen LogP contribution in [0.5, 0.6) is 0 Å². The third kappa shape index (κ3) is 1.28. The lowest BCUT2D eigenvalue weighted by molar-refractivity contribution is 0.347. The third-order valence-corrected chi connectivity index (χ3v) is 1.39. The highest BCUT2D eigenvalue weighted by Gasteiger charge is 2.18. The molecule has 1 saturated heterocycles. The van der Waals surface area contributed by atoms with E-state index in [4.69, 9.17) is 11.8 Å². The quantitative estimate of drug-likeness (QED) is 0.438. The molecule has 7 heavy (non-hydrogen) atoms. The van der Waals surface area contributed by atoms with E-state index in [0.717, 1.165) is 0 Å². The van der Waals surface area contributed by atoms with Gasteiger partial charge in [0.15, 0.2) is 0 Å². The molecule has 1 atom stereocenters. The van der Waals surface area contributed by atoms with Crippen molar-refractivity contribution in [2.75, 3.05) is 13.1 Å². The highest BCUT2D eigenvalue weighted by molar-refractivity contribution is 6.13. The molecule has 1 fully saturated rings. The highest BCUT2D eigenvalue weighted by Crippen LogP contribution is 2.12. The van der Waals surface area contributed by atoms with Gasteiger partial charge in [0.25, 0.3) is 0 Å². The van der Waals surface area contributed by atoms with Gasteiger partial charge in [0.1, 0.15) is 6.17 Å². The lowest BCUT2D eigenvalue weighted by Gasteiger charge is -1.97. The Hall–Kier alpha value is 0.180. The van der Waals surface area contributed by atoms with Crippen LogP contribution in [0.15, 0.2) is 0 Å². The first-order valence-electron chi connectivity index (χ1n) is 2.34. The molecule has 0 bridgehead atoms. The first-order valence-corrected chi connectivity index (χ1v) is 2.67. The average Bonchev–Trinajstić information content (AvgIpc) is 1.87. The maximum Gasteiger partial charge on any atom is 0.115 e. The molecule has 1 rings (SSSR count). The molecule has 0 unspecified atom stereocenters. The summed E-state index contributed by atoms with van der Waals surface area (Å²) in [7, 11) is 0. The predicted molar refractivity (Wildman–Crippen MR) is 26.9 cm³/mol. The molecule has 0 aromatic carbocycles. The minimum Gasteiger partial charge on any atom is -0.246 e. The van der Waals surface area contributed by atoms with Gasteiger partial charge in [-0.1, -0.05) is 0 Å². The van der Waals surface area contributed by atoms with Gasteiger partial charge >= 0.3 is 0 Å². The number of hydrogen-bond acceptors (Lipinski definition) is 1. The van der Waals surface area contributed by atoms with Crippen LogP contribution in [-0.2, 0) is 0 Å². The molecular formula is C4H7ClFN. The SMILES string of the molecule is F[C@H]1CCN(Cl)C1. The highest BCUT2D eigenvalue weighted by atomic mass is 35.5. The Morgan fingerprint density at radius 1 is 1.71 bits per heavy atom. The van der Waals surface area contributed by atoms with E-state index in [9.17, 15) is 4.39 Å². The molecule has 1 aliphatic heterocycles. The van der Waals surface area contributed by atoms with Crippen LogP contribution >= 0.6 is 11.8 Å². The van der Waals surface area contributed by atoms with Gasteiger partial charge in [0.2, 0.25) is 0 Å². The molecule has 1 aliphatic rings. The Balaban J connectivity index is 2.26. The van der Waals surface area contributed by atoms with Crippen molar-refractivity contribution in [1.29, 1.82) is 0 Å². The van der Waals surface area contributed by atoms with E-state index in [1.54, 1.807) is 0 Å². The molecular weight excluding hydrogens is 117 g/mol. The van der Waals surface area contributed by atoms with Gasteiger partial charge < -0.3 is 0 Å². The predicted octanol–water partition coefficient (Wildman–Crippen LogP) is 1.18. The van der Waals surface area contributed by atoms with E-state index in [2.05, 4.69) is 0 Å². The fourth-order valence-corrected chi connectivity index (χ4v) is 0.925. The van der Waals surface area contributed by atoms with Gasteiger partial charge in [-0.15, -0.1) is 0 Å². The molecule has 0 aromatic rings. The zero-order valence-electron chi connectivity index (χ0n) is 3.90. The van der Waals surface area contributed by atoms with Crippen LogP contribution < -0.4 is 0 Å². The van der Waals surface area contributed by atoms with Crippen LogP contribution in [0, 0.1) is 0 Å². The summed E-state index contributed by atoms with van der Waals surface area (Å²) in [4.78, 5) is 0. The molecule has 0 amide bonds. The second-order valence-electron chi connectivity index (χ2n) is 1.75. The zero-order chi connectivity index (χ0) is 5.28. The standard InChI is InChI=1S/C4H7ClFN/c5-7-2-1-4(6)3-7/h4H,1-3H2/t4-/m0/s1. The van der Waals surface area contributed by atoms with Crippen LogP contribution in [0.2, 0.25) is 0 Å². The van der Waals surface area contributed by atoms with E-state index in [0.29, 0.717) is 19.5 Å². The average molecular weight is 124 g/mol. The number of alkyl halides is 1. The summed E-state index contributed by atoms with van der Waals surface area (Å²) in [5, 5.41) is 0. The fourth-order valence-electron chi connectivity index (χ4n) is 0.678. The monoisotopic (exact) mass is 123 g/mol. The van der Waals surface area contributed by atoms with Crippen LogP contribution in [0.1, 0.15) is 6.42 Å². The van der Waals surface area contributed by atoms with E-state index >= 15 is 0 Å². The lowest BCUT2D eigenvalue weighted by atomic mass is 10.4. The maximum atomic E-state index is 12.0. The maximum absolute atomic E-state index is 12.0. The van der Waals surface area contributed by atoms with Gasteiger partial charge in [-0.3, -0.25) is 0 Å². The van der Waals surface area contributed by atoms with Crippen molar-refractivity contribution in [2.24, 2.45) is 0 Å². The normalized spacial score (nSPS) is 34.3. The van der Waals surface area contributed by atoms with Crippen LogP contribution in [0.25, 0.3) is 0 Å². The molecule has 42 valence electrons. The molecule has 3 heteroatoms. The Morgan fingerprint density at radius 3 is 2.57 bits per heavy atom. The smallest absolute Gasteiger partial charge is 0.115 e. The Morgan fingerprint density at radius 2 is 2.43 bits per heavy atom. The Bertz CT molecular complexity index is 60.7. The van der Waals surface area contributed by atoms with Crippen molar-refractivity contribution in [3.63, 3.8) is 0 Å². The molecule has 0 N–H and O–H groups in total. The first-order chi connectivity index (χ1) is 3.29. The Labute approximate surface area is 47.2 Å². The van der Waals surface area contributed by atoms with Crippen molar-refractivity contribution < 1.29 is 4.39 Å².